The molecule has 9 heteroatoms. The number of carbonyl (C=O) groups is 1. The number of carbonyl (C=O) groups excluding carboxylic acids is 1. The lowest BCUT2D eigenvalue weighted by Crippen LogP contribution is -2.41. The summed E-state index contributed by atoms with van der Waals surface area (Å²) in [5, 5.41) is 2.79. The van der Waals surface area contributed by atoms with E-state index in [1.54, 1.807) is 0 Å². The summed E-state index contributed by atoms with van der Waals surface area (Å²) in [5.74, 6) is -0.386. The maximum absolute atomic E-state index is 13.5. The van der Waals surface area contributed by atoms with Crippen LogP contribution in [0.5, 0.6) is 11.5 Å². The Morgan fingerprint density at radius 2 is 1.62 bits per heavy atom. The second-order valence-corrected chi connectivity index (χ2v) is 9.48. The molecule has 3 rings (SSSR count). The Hall–Kier alpha value is -3.59. The molecule has 7 nitrogen and oxygen atoms in total. The molecule has 0 saturated heterocycles. The van der Waals surface area contributed by atoms with Crippen LogP contribution in [0, 0.1) is 5.82 Å². The molecular weight excluding hydrogens is 459 g/mol. The summed E-state index contributed by atoms with van der Waals surface area (Å²) in [6, 6.07) is 18.7. The smallest absolute Gasteiger partial charge is 0.264 e. The summed E-state index contributed by atoms with van der Waals surface area (Å²) in [6.45, 7) is 1.81. The third-order valence-electron chi connectivity index (χ3n) is 5.32. The van der Waals surface area contributed by atoms with Gasteiger partial charge in [-0.05, 0) is 47.9 Å². The molecule has 3 aromatic carbocycles. The lowest BCUT2D eigenvalue weighted by molar-refractivity contribution is -0.119. The number of nitrogens with zero attached hydrogens (tertiary/aromatic N) is 1. The third kappa shape index (κ3) is 5.85. The van der Waals surface area contributed by atoms with Gasteiger partial charge in [0.1, 0.15) is 12.4 Å². The van der Waals surface area contributed by atoms with Crippen LogP contribution in [0.25, 0.3) is 0 Å². The van der Waals surface area contributed by atoms with Crippen molar-refractivity contribution in [1.29, 1.82) is 0 Å². The first kappa shape index (κ1) is 25.0. The molecule has 1 amide bonds. The Morgan fingerprint density at radius 1 is 0.971 bits per heavy atom. The van der Waals surface area contributed by atoms with Gasteiger partial charge in [0, 0.05) is 12.6 Å². The van der Waals surface area contributed by atoms with Crippen LogP contribution in [0.3, 0.4) is 0 Å². The molecular formula is C25H27FN2O5S. The molecule has 1 atom stereocenters. The van der Waals surface area contributed by atoms with Crippen LogP contribution in [0.15, 0.2) is 77.7 Å². The number of amides is 1. The van der Waals surface area contributed by atoms with Crippen molar-refractivity contribution >= 4 is 21.6 Å². The number of hydrogen-bond donors (Lipinski definition) is 1. The van der Waals surface area contributed by atoms with Gasteiger partial charge in [-0.1, -0.05) is 37.3 Å². The van der Waals surface area contributed by atoms with Gasteiger partial charge in [0.2, 0.25) is 5.91 Å². The van der Waals surface area contributed by atoms with Crippen molar-refractivity contribution in [1.82, 2.24) is 5.32 Å². The van der Waals surface area contributed by atoms with Crippen molar-refractivity contribution in [2.45, 2.75) is 17.7 Å². The van der Waals surface area contributed by atoms with Gasteiger partial charge >= 0.3 is 0 Å². The van der Waals surface area contributed by atoms with Gasteiger partial charge in [0.05, 0.1) is 24.8 Å². The van der Waals surface area contributed by atoms with Crippen LogP contribution in [-0.4, -0.2) is 41.6 Å². The van der Waals surface area contributed by atoms with E-state index < -0.39 is 28.3 Å². The fraction of sp³-hybridized carbons (Fsp3) is 0.240. The van der Waals surface area contributed by atoms with Gasteiger partial charge in [0.25, 0.3) is 10.0 Å². The molecule has 0 aliphatic rings. The molecule has 0 bridgehead atoms. The van der Waals surface area contributed by atoms with Gasteiger partial charge in [-0.15, -0.1) is 0 Å². The van der Waals surface area contributed by atoms with E-state index in [9.17, 15) is 17.6 Å². The molecule has 0 radical (unpaired) electrons. The Kier molecular flexibility index (Phi) is 8.12. The number of rotatable bonds is 10. The molecule has 0 aliphatic carbocycles. The fourth-order valence-corrected chi connectivity index (χ4v) is 4.82. The highest BCUT2D eigenvalue weighted by Gasteiger charge is 2.28. The molecule has 0 unspecified atom stereocenters. The summed E-state index contributed by atoms with van der Waals surface area (Å²) in [7, 11) is -1.36. The van der Waals surface area contributed by atoms with Crippen molar-refractivity contribution in [3.8, 4) is 11.5 Å². The number of methoxy groups -OCH3 is 2. The minimum atomic E-state index is -4.20. The molecule has 0 fully saturated rings. The maximum atomic E-state index is 13.5. The number of anilines is 1. The van der Waals surface area contributed by atoms with E-state index >= 15 is 0 Å². The number of halogens is 1. The second kappa shape index (κ2) is 11.0. The van der Waals surface area contributed by atoms with Crippen molar-refractivity contribution in [3.63, 3.8) is 0 Å². The highest BCUT2D eigenvalue weighted by atomic mass is 32.2. The second-order valence-electron chi connectivity index (χ2n) is 7.62. The molecule has 3 aromatic rings. The average molecular weight is 487 g/mol. The standard InChI is InChI=1S/C25H27FN2O5S/c1-18(19-7-5-4-6-8-19)16-27-25(29)17-28(21-11-9-20(26)10-12-21)34(30,31)22-13-14-23(32-2)24(15-22)33-3/h4-15,18H,16-17H2,1-3H3,(H,27,29)/t18-/m1/s1. The highest BCUT2D eigenvalue weighted by molar-refractivity contribution is 7.92. The molecule has 0 heterocycles. The third-order valence-corrected chi connectivity index (χ3v) is 7.09. The topological polar surface area (TPSA) is 84.9 Å². The molecule has 34 heavy (non-hydrogen) atoms. The first-order valence-electron chi connectivity index (χ1n) is 10.6. The highest BCUT2D eigenvalue weighted by Crippen LogP contribution is 2.32. The van der Waals surface area contributed by atoms with E-state index in [2.05, 4.69) is 5.32 Å². The van der Waals surface area contributed by atoms with E-state index in [4.69, 9.17) is 9.47 Å². The first-order valence-corrected chi connectivity index (χ1v) is 12.0. The quantitative estimate of drug-likeness (QED) is 0.469. The maximum Gasteiger partial charge on any atom is 0.264 e. The number of hydrogen-bond acceptors (Lipinski definition) is 5. The lowest BCUT2D eigenvalue weighted by Gasteiger charge is -2.25. The number of nitrogens with one attached hydrogen (secondary N) is 1. The zero-order valence-electron chi connectivity index (χ0n) is 19.2. The Bertz CT molecular complexity index is 1220. The molecule has 1 N–H and O–H groups in total. The van der Waals surface area contributed by atoms with Crippen molar-refractivity contribution in [2.24, 2.45) is 0 Å². The fourth-order valence-electron chi connectivity index (χ4n) is 3.38. The van der Waals surface area contributed by atoms with Crippen LogP contribution in [0.2, 0.25) is 0 Å². The van der Waals surface area contributed by atoms with E-state index in [0.717, 1.165) is 22.0 Å². The SMILES string of the molecule is COc1ccc(S(=O)(=O)N(CC(=O)NC[C@@H](C)c2ccccc2)c2ccc(F)cc2)cc1OC. The van der Waals surface area contributed by atoms with E-state index in [-0.39, 0.29) is 22.3 Å². The summed E-state index contributed by atoms with van der Waals surface area (Å²) < 4.78 is 51.9. The summed E-state index contributed by atoms with van der Waals surface area (Å²) in [4.78, 5) is 12.7. The number of sulfonamides is 1. The van der Waals surface area contributed by atoms with Crippen LogP contribution in [0.1, 0.15) is 18.4 Å². The normalized spacial score (nSPS) is 12.0. The Balaban J connectivity index is 1.87. The zero-order chi connectivity index (χ0) is 24.7. The van der Waals surface area contributed by atoms with E-state index in [0.29, 0.717) is 12.3 Å². The summed E-state index contributed by atoms with van der Waals surface area (Å²) in [5.41, 5.74) is 1.21. The molecule has 0 aliphatic heterocycles. The molecule has 0 saturated carbocycles. The van der Waals surface area contributed by atoms with Crippen molar-refractivity contribution in [2.75, 3.05) is 31.6 Å². The van der Waals surface area contributed by atoms with Gasteiger partial charge in [-0.2, -0.15) is 0 Å². The van der Waals surface area contributed by atoms with Crippen molar-refractivity contribution < 1.29 is 27.1 Å². The average Bonchev–Trinajstić information content (AvgIpc) is 2.86. The monoisotopic (exact) mass is 486 g/mol. The predicted molar refractivity (Wildman–Crippen MR) is 128 cm³/mol. The molecule has 0 spiro atoms. The Morgan fingerprint density at radius 3 is 2.24 bits per heavy atom. The largest absolute Gasteiger partial charge is 0.493 e. The molecule has 180 valence electrons. The van der Waals surface area contributed by atoms with Crippen LogP contribution in [0.4, 0.5) is 10.1 Å². The summed E-state index contributed by atoms with van der Waals surface area (Å²) in [6.07, 6.45) is 0. The van der Waals surface area contributed by atoms with E-state index in [1.165, 1.54) is 44.6 Å². The van der Waals surface area contributed by atoms with Crippen LogP contribution in [-0.2, 0) is 14.8 Å². The minimum absolute atomic E-state index is 0.0341. The first-order chi connectivity index (χ1) is 16.3. The zero-order valence-corrected chi connectivity index (χ0v) is 20.0. The van der Waals surface area contributed by atoms with Crippen LogP contribution < -0.4 is 19.1 Å². The minimum Gasteiger partial charge on any atom is -0.493 e. The lowest BCUT2D eigenvalue weighted by atomic mass is 10.0. The van der Waals surface area contributed by atoms with Gasteiger partial charge in [-0.3, -0.25) is 9.10 Å². The van der Waals surface area contributed by atoms with Crippen molar-refractivity contribution in [3.05, 3.63) is 84.2 Å². The Labute approximate surface area is 199 Å². The number of benzene rings is 3. The van der Waals surface area contributed by atoms with E-state index in [1.807, 2.05) is 37.3 Å². The molecule has 0 aromatic heterocycles. The van der Waals surface area contributed by atoms with Crippen LogP contribution >= 0.6 is 0 Å². The van der Waals surface area contributed by atoms with Gasteiger partial charge < -0.3 is 14.8 Å². The predicted octanol–water partition coefficient (Wildman–Crippen LogP) is 3.96. The summed E-state index contributed by atoms with van der Waals surface area (Å²) >= 11 is 0. The van der Waals surface area contributed by atoms with Gasteiger partial charge in [-0.25, -0.2) is 12.8 Å². The number of ether oxygens (including phenoxy) is 2. The van der Waals surface area contributed by atoms with Gasteiger partial charge in [0.15, 0.2) is 11.5 Å².